The van der Waals surface area contributed by atoms with Crippen molar-refractivity contribution in [2.24, 2.45) is 0 Å². The molecule has 2 heteroatoms. The van der Waals surface area contributed by atoms with E-state index in [4.69, 9.17) is 0 Å². The lowest BCUT2D eigenvalue weighted by Gasteiger charge is -2.18. The van der Waals surface area contributed by atoms with Crippen LogP contribution in [0, 0.1) is 0 Å². The van der Waals surface area contributed by atoms with Crippen molar-refractivity contribution in [3.8, 4) is 0 Å². The number of hydrogen-bond donors (Lipinski definition) is 0. The Morgan fingerprint density at radius 3 is 2.40 bits per heavy atom. The third-order valence-corrected chi connectivity index (χ3v) is 2.85. The summed E-state index contributed by atoms with van der Waals surface area (Å²) in [4.78, 5) is 0. The van der Waals surface area contributed by atoms with Crippen molar-refractivity contribution in [1.82, 2.24) is 0 Å². The van der Waals surface area contributed by atoms with Crippen LogP contribution in [0.25, 0.3) is 0 Å². The predicted molar refractivity (Wildman–Crippen MR) is 60.1 cm³/mol. The van der Waals surface area contributed by atoms with Crippen LogP contribution in [0.1, 0.15) is 39.5 Å². The summed E-state index contributed by atoms with van der Waals surface area (Å²) >= 11 is 0. The van der Waals surface area contributed by atoms with Gasteiger partial charge in [-0.1, -0.05) is 18.2 Å². The van der Waals surface area contributed by atoms with Crippen LogP contribution in [0.4, 0.5) is 8.78 Å². The first-order valence-corrected chi connectivity index (χ1v) is 5.36. The Morgan fingerprint density at radius 2 is 1.93 bits per heavy atom. The van der Waals surface area contributed by atoms with Crippen LogP contribution in [0.2, 0.25) is 0 Å². The Hall–Kier alpha value is -0.920. The Balaban J connectivity index is 2.98. The molecule has 0 saturated carbocycles. The maximum absolute atomic E-state index is 13.1. The van der Waals surface area contributed by atoms with Crippen molar-refractivity contribution < 1.29 is 8.78 Å². The molecule has 1 aliphatic carbocycles. The molecule has 0 bridgehead atoms. The summed E-state index contributed by atoms with van der Waals surface area (Å²) in [7, 11) is 0. The highest BCUT2D eigenvalue weighted by molar-refractivity contribution is 5.36. The largest absolute Gasteiger partial charge is 0.270 e. The molecule has 0 aromatic heterocycles. The molecule has 15 heavy (non-hydrogen) atoms. The highest BCUT2D eigenvalue weighted by Gasteiger charge is 2.25. The highest BCUT2D eigenvalue weighted by Crippen LogP contribution is 2.30. The van der Waals surface area contributed by atoms with E-state index in [1.165, 1.54) is 18.1 Å². The van der Waals surface area contributed by atoms with Gasteiger partial charge in [-0.3, -0.25) is 0 Å². The van der Waals surface area contributed by atoms with Crippen LogP contribution < -0.4 is 0 Å². The number of hydrogen-bond acceptors (Lipinski definition) is 0. The van der Waals surface area contributed by atoms with Gasteiger partial charge in [0, 0.05) is 12.5 Å². The summed E-state index contributed by atoms with van der Waals surface area (Å²) in [6.07, 6.45) is 7.10. The van der Waals surface area contributed by atoms with Crippen molar-refractivity contribution in [2.45, 2.75) is 45.5 Å². The summed E-state index contributed by atoms with van der Waals surface area (Å²) < 4.78 is 26.2. The first-order valence-electron chi connectivity index (χ1n) is 5.36. The summed E-state index contributed by atoms with van der Waals surface area (Å²) in [5.74, 6) is -2.79. The zero-order chi connectivity index (χ0) is 11.5. The Bertz CT molecular complexity index is 303. The Morgan fingerprint density at radius 1 is 1.33 bits per heavy atom. The van der Waals surface area contributed by atoms with Crippen LogP contribution in [0.15, 0.2) is 35.5 Å². The predicted octanol–water partition coefficient (Wildman–Crippen LogP) is 4.64. The van der Waals surface area contributed by atoms with E-state index in [1.807, 2.05) is 6.92 Å². The monoisotopic (exact) mass is 212 g/mol. The Kier molecular flexibility index (Phi) is 3.83. The van der Waals surface area contributed by atoms with Crippen molar-refractivity contribution in [3.63, 3.8) is 0 Å². The summed E-state index contributed by atoms with van der Waals surface area (Å²) in [5, 5.41) is 0. The third-order valence-electron chi connectivity index (χ3n) is 2.85. The molecule has 0 heterocycles. The van der Waals surface area contributed by atoms with E-state index in [9.17, 15) is 8.78 Å². The van der Waals surface area contributed by atoms with Crippen molar-refractivity contribution >= 4 is 0 Å². The lowest BCUT2D eigenvalue weighted by atomic mass is 9.91. The van der Waals surface area contributed by atoms with Gasteiger partial charge >= 0.3 is 0 Å². The number of rotatable bonds is 3. The average Bonchev–Trinajstić information content (AvgIpc) is 2.14. The molecule has 1 aliphatic rings. The molecule has 0 nitrogen and oxygen atoms in total. The average molecular weight is 212 g/mol. The molecule has 0 aliphatic heterocycles. The molecule has 0 aromatic rings. The summed E-state index contributed by atoms with van der Waals surface area (Å²) in [6, 6.07) is 0. The lowest BCUT2D eigenvalue weighted by molar-refractivity contribution is 0.0674. The van der Waals surface area contributed by atoms with E-state index < -0.39 is 5.92 Å². The Labute approximate surface area is 90.4 Å². The van der Waals surface area contributed by atoms with E-state index in [0.29, 0.717) is 0 Å². The minimum absolute atomic E-state index is 0.0266. The third kappa shape index (κ3) is 3.29. The van der Waals surface area contributed by atoms with Crippen LogP contribution in [-0.2, 0) is 0 Å². The van der Waals surface area contributed by atoms with Gasteiger partial charge in [-0.05, 0) is 44.3 Å². The first kappa shape index (κ1) is 12.2. The van der Waals surface area contributed by atoms with Crippen LogP contribution in [0.5, 0.6) is 0 Å². The molecule has 0 saturated heterocycles. The van der Waals surface area contributed by atoms with Gasteiger partial charge in [0.05, 0.1) is 0 Å². The standard InChI is InChI=1S/C13H18F2/c1-4-12(13(3,14)15)9-11-8-6-5-7-10(11)2/h4,9H,1,5-8H2,2-3H3/b12-9+. The zero-order valence-electron chi connectivity index (χ0n) is 9.45. The maximum Gasteiger partial charge on any atom is 0.270 e. The molecule has 0 spiro atoms. The summed E-state index contributed by atoms with van der Waals surface area (Å²) in [5.41, 5.74) is 2.33. The number of alkyl halides is 2. The first-order chi connectivity index (χ1) is 6.95. The number of allylic oxidation sites excluding steroid dienone is 5. The van der Waals surface area contributed by atoms with Crippen molar-refractivity contribution in [1.29, 1.82) is 0 Å². The van der Waals surface area contributed by atoms with Crippen LogP contribution >= 0.6 is 0 Å². The van der Waals surface area contributed by atoms with E-state index >= 15 is 0 Å². The van der Waals surface area contributed by atoms with E-state index in [0.717, 1.165) is 31.8 Å². The second kappa shape index (κ2) is 4.73. The highest BCUT2D eigenvalue weighted by atomic mass is 19.3. The molecule has 0 N–H and O–H groups in total. The van der Waals surface area contributed by atoms with E-state index in [1.54, 1.807) is 6.08 Å². The van der Waals surface area contributed by atoms with Gasteiger partial charge in [-0.15, -0.1) is 0 Å². The van der Waals surface area contributed by atoms with Gasteiger partial charge in [0.1, 0.15) is 0 Å². The molecule has 0 unspecified atom stereocenters. The van der Waals surface area contributed by atoms with Gasteiger partial charge in [0.25, 0.3) is 5.92 Å². The normalized spacial score (nSPS) is 19.3. The second-order valence-electron chi connectivity index (χ2n) is 4.20. The molecule has 1 rings (SSSR count). The van der Waals surface area contributed by atoms with E-state index in [-0.39, 0.29) is 5.57 Å². The van der Waals surface area contributed by atoms with Crippen LogP contribution in [-0.4, -0.2) is 5.92 Å². The fourth-order valence-corrected chi connectivity index (χ4v) is 1.83. The minimum Gasteiger partial charge on any atom is -0.202 e. The van der Waals surface area contributed by atoms with Gasteiger partial charge in [-0.2, -0.15) is 0 Å². The molecular weight excluding hydrogens is 194 g/mol. The van der Waals surface area contributed by atoms with Crippen LogP contribution in [0.3, 0.4) is 0 Å². The smallest absolute Gasteiger partial charge is 0.202 e. The van der Waals surface area contributed by atoms with Gasteiger partial charge in [0.15, 0.2) is 0 Å². The molecule has 0 radical (unpaired) electrons. The van der Waals surface area contributed by atoms with Crippen molar-refractivity contribution in [3.05, 3.63) is 35.5 Å². The molecule has 0 amide bonds. The van der Waals surface area contributed by atoms with Gasteiger partial charge in [0.2, 0.25) is 0 Å². The van der Waals surface area contributed by atoms with Crippen molar-refractivity contribution in [2.75, 3.05) is 0 Å². The SMILES string of the molecule is C=C/C(=C\C1=C(C)CCCC1)C(C)(F)F. The second-order valence-corrected chi connectivity index (χ2v) is 4.20. The number of halogens is 2. The molecule has 84 valence electrons. The maximum atomic E-state index is 13.1. The fraction of sp³-hybridized carbons (Fsp3) is 0.538. The zero-order valence-corrected chi connectivity index (χ0v) is 9.45. The minimum atomic E-state index is -2.79. The lowest BCUT2D eigenvalue weighted by Crippen LogP contribution is -2.12. The molecule has 0 aromatic carbocycles. The fourth-order valence-electron chi connectivity index (χ4n) is 1.83. The van der Waals surface area contributed by atoms with Gasteiger partial charge < -0.3 is 0 Å². The summed E-state index contributed by atoms with van der Waals surface area (Å²) in [6.45, 7) is 6.39. The van der Waals surface area contributed by atoms with E-state index in [2.05, 4.69) is 6.58 Å². The molecule has 0 fully saturated rings. The van der Waals surface area contributed by atoms with Gasteiger partial charge in [-0.25, -0.2) is 8.78 Å². The quantitative estimate of drug-likeness (QED) is 0.597. The molecular formula is C13H18F2. The topological polar surface area (TPSA) is 0 Å². The molecule has 0 atom stereocenters.